The van der Waals surface area contributed by atoms with Crippen LogP contribution in [-0.4, -0.2) is 57.4 Å². The van der Waals surface area contributed by atoms with Crippen LogP contribution in [0.1, 0.15) is 83.9 Å². The molecule has 1 saturated carbocycles. The molecule has 0 heterocycles. The molecule has 35 heavy (non-hydrogen) atoms. The third kappa shape index (κ3) is 8.05. The van der Waals surface area contributed by atoms with Crippen LogP contribution >= 0.6 is 12.6 Å². The van der Waals surface area contributed by atoms with Crippen molar-refractivity contribution >= 4 is 30.5 Å². The van der Waals surface area contributed by atoms with Crippen LogP contribution in [0, 0.1) is 6.92 Å². The molecule has 8 nitrogen and oxygen atoms in total. The third-order valence-corrected chi connectivity index (χ3v) is 6.39. The van der Waals surface area contributed by atoms with E-state index in [4.69, 9.17) is 4.74 Å². The van der Waals surface area contributed by atoms with Crippen LogP contribution < -0.4 is 10.6 Å². The van der Waals surface area contributed by atoms with E-state index in [9.17, 15) is 19.5 Å². The SMILES string of the molecule is Cc1cccc(C(C(=O)NC2CCCCC2)N(C(=O)C(CS)NC(=O)OC(C)(C)C)C(C)C)c1O. The van der Waals surface area contributed by atoms with Crippen LogP contribution in [0.5, 0.6) is 5.75 Å². The molecule has 0 aliphatic heterocycles. The Morgan fingerprint density at radius 1 is 1.17 bits per heavy atom. The zero-order valence-corrected chi connectivity index (χ0v) is 22.7. The number of carbonyl (C=O) groups is 3. The largest absolute Gasteiger partial charge is 0.507 e. The molecule has 0 saturated heterocycles. The van der Waals surface area contributed by atoms with Gasteiger partial charge in [-0.1, -0.05) is 37.5 Å². The van der Waals surface area contributed by atoms with Gasteiger partial charge in [0, 0.05) is 23.4 Å². The van der Waals surface area contributed by atoms with Crippen LogP contribution in [0.3, 0.4) is 0 Å². The van der Waals surface area contributed by atoms with Crippen molar-refractivity contribution < 1.29 is 24.2 Å². The summed E-state index contributed by atoms with van der Waals surface area (Å²) in [6.45, 7) is 10.5. The van der Waals surface area contributed by atoms with E-state index in [1.165, 1.54) is 4.90 Å². The minimum absolute atomic E-state index is 0.0120. The summed E-state index contributed by atoms with van der Waals surface area (Å²) in [7, 11) is 0. The topological polar surface area (TPSA) is 108 Å². The lowest BCUT2D eigenvalue weighted by molar-refractivity contribution is -0.144. The second kappa shape index (κ2) is 12.5. The molecular weight excluding hydrogens is 466 g/mol. The van der Waals surface area contributed by atoms with Gasteiger partial charge in [0.2, 0.25) is 11.8 Å². The quantitative estimate of drug-likeness (QED) is 0.394. The Kier molecular flexibility index (Phi) is 10.3. The van der Waals surface area contributed by atoms with Gasteiger partial charge in [0.05, 0.1) is 0 Å². The van der Waals surface area contributed by atoms with E-state index < -0.39 is 35.7 Å². The minimum Gasteiger partial charge on any atom is -0.507 e. The van der Waals surface area contributed by atoms with E-state index in [2.05, 4.69) is 23.3 Å². The van der Waals surface area contributed by atoms with Gasteiger partial charge in [0.1, 0.15) is 23.4 Å². The zero-order chi connectivity index (χ0) is 26.3. The number of para-hydroxylation sites is 1. The summed E-state index contributed by atoms with van der Waals surface area (Å²) in [6.07, 6.45) is 4.25. The van der Waals surface area contributed by atoms with Crippen molar-refractivity contribution in [1.82, 2.24) is 15.5 Å². The second-order valence-corrected chi connectivity index (χ2v) is 10.8. The monoisotopic (exact) mass is 507 g/mol. The Morgan fingerprint density at radius 2 is 1.80 bits per heavy atom. The highest BCUT2D eigenvalue weighted by Gasteiger charge is 2.39. The van der Waals surface area contributed by atoms with E-state index in [-0.39, 0.29) is 23.5 Å². The number of benzene rings is 1. The maximum absolute atomic E-state index is 13.8. The van der Waals surface area contributed by atoms with Gasteiger partial charge < -0.3 is 25.4 Å². The van der Waals surface area contributed by atoms with Crippen LogP contribution in [0.2, 0.25) is 0 Å². The molecule has 0 radical (unpaired) electrons. The summed E-state index contributed by atoms with van der Waals surface area (Å²) in [5.74, 6) is -0.851. The zero-order valence-electron chi connectivity index (χ0n) is 21.8. The van der Waals surface area contributed by atoms with E-state index in [1.54, 1.807) is 59.7 Å². The fourth-order valence-corrected chi connectivity index (χ4v) is 4.59. The Bertz CT molecular complexity index is 893. The van der Waals surface area contributed by atoms with Crippen molar-refractivity contribution in [2.24, 2.45) is 0 Å². The van der Waals surface area contributed by atoms with Crippen molar-refractivity contribution in [2.45, 2.75) is 103 Å². The number of phenols is 1. The van der Waals surface area contributed by atoms with Gasteiger partial charge >= 0.3 is 6.09 Å². The van der Waals surface area contributed by atoms with Gasteiger partial charge in [-0.15, -0.1) is 0 Å². The highest BCUT2D eigenvalue weighted by Crippen LogP contribution is 2.34. The van der Waals surface area contributed by atoms with Gasteiger partial charge in [-0.05, 0) is 59.9 Å². The highest BCUT2D eigenvalue weighted by molar-refractivity contribution is 7.80. The molecule has 2 rings (SSSR count). The smallest absolute Gasteiger partial charge is 0.408 e. The number of alkyl carbamates (subject to hydrolysis) is 1. The van der Waals surface area contributed by atoms with Crippen LogP contribution in [0.25, 0.3) is 0 Å². The number of nitrogens with one attached hydrogen (secondary N) is 2. The number of thiol groups is 1. The predicted octanol–water partition coefficient (Wildman–Crippen LogP) is 4.25. The molecule has 9 heteroatoms. The average molecular weight is 508 g/mol. The molecular formula is C26H41N3O5S. The fraction of sp³-hybridized carbons (Fsp3) is 0.654. The molecule has 2 atom stereocenters. The normalized spacial score (nSPS) is 16.3. The summed E-state index contributed by atoms with van der Waals surface area (Å²) < 4.78 is 5.31. The molecule has 1 aromatic carbocycles. The number of carbonyl (C=O) groups excluding carboxylic acids is 3. The third-order valence-electron chi connectivity index (χ3n) is 6.02. The second-order valence-electron chi connectivity index (χ2n) is 10.5. The highest BCUT2D eigenvalue weighted by atomic mass is 32.1. The summed E-state index contributed by atoms with van der Waals surface area (Å²) in [6, 6.07) is 2.68. The predicted molar refractivity (Wildman–Crippen MR) is 140 cm³/mol. The molecule has 3 N–H and O–H groups in total. The molecule has 0 bridgehead atoms. The first-order valence-electron chi connectivity index (χ1n) is 12.4. The first-order valence-corrected chi connectivity index (χ1v) is 13.0. The number of hydrogen-bond donors (Lipinski definition) is 4. The number of phenolic OH excluding ortho intramolecular Hbond substituents is 1. The Morgan fingerprint density at radius 3 is 2.34 bits per heavy atom. The molecule has 1 aliphatic rings. The van der Waals surface area contributed by atoms with Gasteiger partial charge in [-0.25, -0.2) is 4.79 Å². The summed E-state index contributed by atoms with van der Waals surface area (Å²) in [5.41, 5.74) is 0.212. The fourth-order valence-electron chi connectivity index (χ4n) is 4.34. The molecule has 2 unspecified atom stereocenters. The minimum atomic E-state index is -1.08. The first kappa shape index (κ1) is 28.8. The number of aryl methyl sites for hydroxylation is 1. The molecule has 1 aromatic rings. The Labute approximate surface area is 214 Å². The van der Waals surface area contributed by atoms with Crippen molar-refractivity contribution in [3.63, 3.8) is 0 Å². The maximum Gasteiger partial charge on any atom is 0.408 e. The van der Waals surface area contributed by atoms with Crippen LogP contribution in [0.4, 0.5) is 4.79 Å². The van der Waals surface area contributed by atoms with Crippen LogP contribution in [-0.2, 0) is 14.3 Å². The van der Waals surface area contributed by atoms with Crippen molar-refractivity contribution in [2.75, 3.05) is 5.75 Å². The van der Waals surface area contributed by atoms with E-state index in [1.807, 2.05) is 0 Å². The number of aromatic hydroxyl groups is 1. The summed E-state index contributed by atoms with van der Waals surface area (Å²) in [4.78, 5) is 41.3. The molecule has 0 spiro atoms. The van der Waals surface area contributed by atoms with E-state index in [0.717, 1.165) is 32.1 Å². The number of amides is 3. The van der Waals surface area contributed by atoms with E-state index in [0.29, 0.717) is 11.1 Å². The van der Waals surface area contributed by atoms with Crippen molar-refractivity contribution in [3.8, 4) is 5.75 Å². The lowest BCUT2D eigenvalue weighted by atomic mass is 9.94. The summed E-state index contributed by atoms with van der Waals surface area (Å²) >= 11 is 4.29. The molecule has 0 aromatic heterocycles. The standard InChI is InChI=1S/C26H41N3O5S/c1-16(2)29(24(32)20(15-35)28-25(33)34-26(4,5)6)21(19-14-10-11-17(3)22(19)30)23(31)27-18-12-8-7-9-13-18/h10-11,14,16,18,20-21,30,35H,7-9,12-13,15H2,1-6H3,(H,27,31)(H,28,33). The van der Waals surface area contributed by atoms with E-state index >= 15 is 0 Å². The van der Waals surface area contributed by atoms with Gasteiger partial charge in [-0.2, -0.15) is 12.6 Å². The average Bonchev–Trinajstić information content (AvgIpc) is 2.76. The van der Waals surface area contributed by atoms with Crippen molar-refractivity contribution in [1.29, 1.82) is 0 Å². The summed E-state index contributed by atoms with van der Waals surface area (Å²) in [5, 5.41) is 16.6. The van der Waals surface area contributed by atoms with Crippen LogP contribution in [0.15, 0.2) is 18.2 Å². The number of rotatable bonds is 8. The molecule has 3 amide bonds. The van der Waals surface area contributed by atoms with Gasteiger partial charge in [-0.3, -0.25) is 9.59 Å². The maximum atomic E-state index is 13.8. The lowest BCUT2D eigenvalue weighted by Crippen LogP contribution is -2.56. The van der Waals surface area contributed by atoms with Crippen molar-refractivity contribution in [3.05, 3.63) is 29.3 Å². The van der Waals surface area contributed by atoms with Gasteiger partial charge in [0.15, 0.2) is 0 Å². The molecule has 1 fully saturated rings. The lowest BCUT2D eigenvalue weighted by Gasteiger charge is -2.38. The molecule has 1 aliphatic carbocycles. The Balaban J connectivity index is 2.44. The Hall–Kier alpha value is -2.42. The number of nitrogens with zero attached hydrogens (tertiary/aromatic N) is 1. The molecule has 196 valence electrons. The first-order chi connectivity index (χ1) is 16.4. The van der Waals surface area contributed by atoms with Gasteiger partial charge in [0.25, 0.3) is 0 Å². The number of hydrogen-bond acceptors (Lipinski definition) is 6. The number of ether oxygens (including phenoxy) is 1.